The number of fused-ring (bicyclic) bond motifs is 1. The van der Waals surface area contributed by atoms with Gasteiger partial charge in [-0.2, -0.15) is 13.2 Å². The maximum absolute atomic E-state index is 14.0. The maximum Gasteiger partial charge on any atom is 0.416 e. The van der Waals surface area contributed by atoms with Crippen molar-refractivity contribution in [1.29, 1.82) is 0 Å². The zero-order valence-corrected chi connectivity index (χ0v) is 19.1. The molecule has 0 saturated carbocycles. The zero-order valence-electron chi connectivity index (χ0n) is 18.2. The number of amides is 1. The van der Waals surface area contributed by atoms with E-state index in [4.69, 9.17) is 0 Å². The average Bonchev–Trinajstić information content (AvgIpc) is 3.13. The monoisotopic (exact) mass is 483 g/mol. The van der Waals surface area contributed by atoms with Gasteiger partial charge < -0.3 is 5.32 Å². The minimum atomic E-state index is -4.44. The van der Waals surface area contributed by atoms with Crippen LogP contribution < -0.4 is 5.32 Å². The first-order valence-electron chi connectivity index (χ1n) is 10.5. The van der Waals surface area contributed by atoms with Crippen molar-refractivity contribution in [1.82, 2.24) is 5.32 Å². The van der Waals surface area contributed by atoms with Crippen molar-refractivity contribution in [3.05, 3.63) is 106 Å². The molecule has 4 rings (SSSR count). The van der Waals surface area contributed by atoms with Gasteiger partial charge in [-0.3, -0.25) is 4.79 Å². The van der Waals surface area contributed by atoms with Crippen LogP contribution in [0.15, 0.2) is 77.7 Å². The van der Waals surface area contributed by atoms with Gasteiger partial charge in [-0.05, 0) is 88.2 Å². The summed E-state index contributed by atoms with van der Waals surface area (Å²) in [5.41, 5.74) is 3.56. The molecule has 0 aliphatic heterocycles. The molecule has 0 radical (unpaired) electrons. The van der Waals surface area contributed by atoms with Crippen LogP contribution in [-0.2, 0) is 17.5 Å². The predicted molar refractivity (Wildman–Crippen MR) is 128 cm³/mol. The zero-order chi connectivity index (χ0) is 24.3. The molecule has 1 N–H and O–H groups in total. The predicted octanol–water partition coefficient (Wildman–Crippen LogP) is 7.21. The molecule has 0 bridgehead atoms. The van der Waals surface area contributed by atoms with Crippen molar-refractivity contribution >= 4 is 34.9 Å². The van der Waals surface area contributed by atoms with Gasteiger partial charge in [0.15, 0.2) is 0 Å². The first kappa shape index (κ1) is 23.8. The Labute approximate surface area is 199 Å². The number of carbonyl (C=O) groups excluding carboxylic acids is 1. The van der Waals surface area contributed by atoms with Gasteiger partial charge in [0.1, 0.15) is 5.82 Å². The molecular formula is C27H21F4NOS. The second-order valence-corrected chi connectivity index (χ2v) is 8.76. The molecule has 3 aromatic rings. The van der Waals surface area contributed by atoms with E-state index in [1.165, 1.54) is 24.3 Å². The Morgan fingerprint density at radius 1 is 1.00 bits per heavy atom. The molecule has 0 saturated heterocycles. The SMILES string of the molecule is CSc1ccc(C=C2C=C(CC(=O)NCc3cccc(C(F)(F)F)c3)c3cc(F)ccc32)cc1. The third-order valence-corrected chi connectivity index (χ3v) is 6.24. The first-order valence-corrected chi connectivity index (χ1v) is 11.7. The van der Waals surface area contributed by atoms with Crippen LogP contribution in [0.4, 0.5) is 17.6 Å². The minimum absolute atomic E-state index is 0.0157. The van der Waals surface area contributed by atoms with Crippen LogP contribution >= 0.6 is 11.8 Å². The van der Waals surface area contributed by atoms with Crippen molar-refractivity contribution < 1.29 is 22.4 Å². The average molecular weight is 484 g/mol. The molecule has 2 nitrogen and oxygen atoms in total. The summed E-state index contributed by atoms with van der Waals surface area (Å²) in [6, 6.07) is 17.3. The summed E-state index contributed by atoms with van der Waals surface area (Å²) in [5.74, 6) is -0.760. The van der Waals surface area contributed by atoms with Crippen LogP contribution in [-0.4, -0.2) is 12.2 Å². The van der Waals surface area contributed by atoms with Crippen LogP contribution in [0.3, 0.4) is 0 Å². The van der Waals surface area contributed by atoms with E-state index in [1.807, 2.05) is 42.7 Å². The number of alkyl halides is 3. The van der Waals surface area contributed by atoms with Gasteiger partial charge in [0.2, 0.25) is 5.91 Å². The van der Waals surface area contributed by atoms with E-state index < -0.39 is 17.6 Å². The van der Waals surface area contributed by atoms with Crippen LogP contribution in [0.25, 0.3) is 17.2 Å². The van der Waals surface area contributed by atoms with Crippen LogP contribution in [0.1, 0.15) is 34.2 Å². The molecule has 3 aromatic carbocycles. The fourth-order valence-corrected chi connectivity index (χ4v) is 4.22. The highest BCUT2D eigenvalue weighted by Crippen LogP contribution is 2.38. The Balaban J connectivity index is 1.51. The summed E-state index contributed by atoms with van der Waals surface area (Å²) in [6.45, 7) is -0.0312. The number of halogens is 4. The Bertz CT molecular complexity index is 1280. The van der Waals surface area contributed by atoms with Crippen LogP contribution in [0.2, 0.25) is 0 Å². The number of nitrogens with one attached hydrogen (secondary N) is 1. The third-order valence-electron chi connectivity index (χ3n) is 5.50. The van der Waals surface area contributed by atoms with Crippen molar-refractivity contribution in [3.63, 3.8) is 0 Å². The number of allylic oxidation sites excluding steroid dienone is 2. The number of hydrogen-bond acceptors (Lipinski definition) is 2. The summed E-state index contributed by atoms with van der Waals surface area (Å²) in [7, 11) is 0. The summed E-state index contributed by atoms with van der Waals surface area (Å²) in [5, 5.41) is 2.66. The highest BCUT2D eigenvalue weighted by molar-refractivity contribution is 7.98. The lowest BCUT2D eigenvalue weighted by molar-refractivity contribution is -0.137. The van der Waals surface area contributed by atoms with E-state index in [-0.39, 0.29) is 18.9 Å². The molecular weight excluding hydrogens is 462 g/mol. The number of hydrogen-bond donors (Lipinski definition) is 1. The molecule has 0 unspecified atom stereocenters. The van der Waals surface area contributed by atoms with E-state index in [0.717, 1.165) is 33.7 Å². The quantitative estimate of drug-likeness (QED) is 0.297. The second kappa shape index (κ2) is 9.89. The molecule has 0 atom stereocenters. The van der Waals surface area contributed by atoms with E-state index in [1.54, 1.807) is 17.8 Å². The summed E-state index contributed by atoms with van der Waals surface area (Å²) in [4.78, 5) is 13.7. The molecule has 1 aliphatic carbocycles. The van der Waals surface area contributed by atoms with Crippen molar-refractivity contribution in [2.75, 3.05) is 6.26 Å². The maximum atomic E-state index is 14.0. The van der Waals surface area contributed by atoms with Gasteiger partial charge in [0.05, 0.1) is 12.0 Å². The fraction of sp³-hybridized carbons (Fsp3) is 0.148. The lowest BCUT2D eigenvalue weighted by Gasteiger charge is -2.10. The third kappa shape index (κ3) is 5.59. The lowest BCUT2D eigenvalue weighted by atomic mass is 10.0. The number of thioether (sulfide) groups is 1. The lowest BCUT2D eigenvalue weighted by Crippen LogP contribution is -2.23. The first-order chi connectivity index (χ1) is 16.2. The second-order valence-electron chi connectivity index (χ2n) is 7.88. The topological polar surface area (TPSA) is 29.1 Å². The van der Waals surface area contributed by atoms with Crippen molar-refractivity contribution in [3.8, 4) is 0 Å². The van der Waals surface area contributed by atoms with Gasteiger partial charge in [-0.15, -0.1) is 11.8 Å². The number of benzene rings is 3. The minimum Gasteiger partial charge on any atom is -0.352 e. The summed E-state index contributed by atoms with van der Waals surface area (Å²) in [6.07, 6.45) is 1.38. The van der Waals surface area contributed by atoms with Gasteiger partial charge in [0.25, 0.3) is 0 Å². The van der Waals surface area contributed by atoms with Gasteiger partial charge >= 0.3 is 6.18 Å². The summed E-state index contributed by atoms with van der Waals surface area (Å²) >= 11 is 1.65. The molecule has 0 fully saturated rings. The van der Waals surface area contributed by atoms with Crippen molar-refractivity contribution in [2.45, 2.75) is 24.0 Å². The Morgan fingerprint density at radius 3 is 2.47 bits per heavy atom. The number of rotatable bonds is 6. The molecule has 1 aliphatic rings. The van der Waals surface area contributed by atoms with E-state index in [0.29, 0.717) is 16.7 Å². The number of carbonyl (C=O) groups is 1. The van der Waals surface area contributed by atoms with E-state index >= 15 is 0 Å². The highest BCUT2D eigenvalue weighted by Gasteiger charge is 2.30. The standard InChI is InChI=1S/C27H21F4NOS/c1-34-23-8-5-17(6-9-23)11-19-13-20(25-15-22(28)7-10-24(19)25)14-26(33)32-16-18-3-2-4-21(12-18)27(29,30)31/h2-13,15H,14,16H2,1H3,(H,32,33). The highest BCUT2D eigenvalue weighted by atomic mass is 32.2. The molecule has 0 heterocycles. The summed E-state index contributed by atoms with van der Waals surface area (Å²) < 4.78 is 52.7. The Kier molecular flexibility index (Phi) is 6.93. The molecule has 0 spiro atoms. The van der Waals surface area contributed by atoms with Crippen molar-refractivity contribution in [2.24, 2.45) is 0 Å². The van der Waals surface area contributed by atoms with Crippen LogP contribution in [0.5, 0.6) is 0 Å². The van der Waals surface area contributed by atoms with Crippen LogP contribution in [0, 0.1) is 5.82 Å². The smallest absolute Gasteiger partial charge is 0.352 e. The van der Waals surface area contributed by atoms with Gasteiger partial charge in [-0.1, -0.05) is 30.3 Å². The fourth-order valence-electron chi connectivity index (χ4n) is 3.82. The molecule has 174 valence electrons. The van der Waals surface area contributed by atoms with E-state index in [2.05, 4.69) is 5.32 Å². The Morgan fingerprint density at radius 2 is 1.76 bits per heavy atom. The largest absolute Gasteiger partial charge is 0.416 e. The molecule has 7 heteroatoms. The molecule has 34 heavy (non-hydrogen) atoms. The molecule has 0 aromatic heterocycles. The van der Waals surface area contributed by atoms with Gasteiger partial charge in [0, 0.05) is 11.4 Å². The Hall–Kier alpha value is -3.32. The normalized spacial score (nSPS) is 14.1. The van der Waals surface area contributed by atoms with E-state index in [9.17, 15) is 22.4 Å². The van der Waals surface area contributed by atoms with Gasteiger partial charge in [-0.25, -0.2) is 4.39 Å². The molecule has 1 amide bonds.